The van der Waals surface area contributed by atoms with Gasteiger partial charge in [0.05, 0.1) is 0 Å². The SMILES string of the molecule is CC(C)(C)OC(=O)N1CC[C@@H](NC(=O)N2CCCC(c3ccccccccc3)CCC2)C1. The maximum Gasteiger partial charge on any atom is 0.410 e. The lowest BCUT2D eigenvalue weighted by molar-refractivity contribution is 0.0291. The summed E-state index contributed by atoms with van der Waals surface area (Å²) in [6.45, 7) is 8.25. The van der Waals surface area contributed by atoms with Crippen molar-refractivity contribution in [3.63, 3.8) is 0 Å². The molecule has 2 heterocycles. The normalized spacial score (nSPS) is 19.8. The van der Waals surface area contributed by atoms with Crippen molar-refractivity contribution in [2.45, 2.75) is 70.4 Å². The van der Waals surface area contributed by atoms with Crippen LogP contribution in [0.4, 0.5) is 9.59 Å². The predicted molar refractivity (Wildman–Crippen MR) is 132 cm³/mol. The minimum absolute atomic E-state index is 0.0119. The van der Waals surface area contributed by atoms with E-state index in [1.807, 2.05) is 43.9 Å². The molecule has 0 saturated carbocycles. The van der Waals surface area contributed by atoms with Crippen LogP contribution in [-0.2, 0) is 4.74 Å². The van der Waals surface area contributed by atoms with Gasteiger partial charge in [0, 0.05) is 32.2 Å². The zero-order valence-electron chi connectivity index (χ0n) is 20.3. The summed E-state index contributed by atoms with van der Waals surface area (Å²) in [4.78, 5) is 28.8. The van der Waals surface area contributed by atoms with Gasteiger partial charge in [-0.05, 0) is 64.4 Å². The lowest BCUT2D eigenvalue weighted by Gasteiger charge is -2.29. The van der Waals surface area contributed by atoms with Crippen LogP contribution in [0.15, 0.2) is 54.6 Å². The van der Waals surface area contributed by atoms with Crippen LogP contribution in [-0.4, -0.2) is 59.7 Å². The van der Waals surface area contributed by atoms with Gasteiger partial charge in [0.25, 0.3) is 0 Å². The third kappa shape index (κ3) is 8.26. The number of carbonyl (C=O) groups excluding carboxylic acids is 2. The van der Waals surface area contributed by atoms with Gasteiger partial charge in [-0.2, -0.15) is 0 Å². The molecule has 1 aromatic carbocycles. The van der Waals surface area contributed by atoms with Crippen LogP contribution in [0.1, 0.15) is 64.4 Å². The zero-order chi connectivity index (χ0) is 23.7. The molecule has 0 unspecified atom stereocenters. The molecular weight excluding hydrogens is 414 g/mol. The van der Waals surface area contributed by atoms with Crippen molar-refractivity contribution in [2.75, 3.05) is 26.2 Å². The second-order valence-electron chi connectivity index (χ2n) is 10.0. The van der Waals surface area contributed by atoms with Gasteiger partial charge < -0.3 is 19.9 Å². The Hall–Kier alpha value is -2.76. The van der Waals surface area contributed by atoms with Crippen LogP contribution in [0, 0.1) is 0 Å². The lowest BCUT2D eigenvalue weighted by atomic mass is 9.89. The van der Waals surface area contributed by atoms with Crippen molar-refractivity contribution < 1.29 is 14.3 Å². The molecule has 0 bridgehead atoms. The lowest BCUT2D eigenvalue weighted by Crippen LogP contribution is -2.47. The van der Waals surface area contributed by atoms with Crippen molar-refractivity contribution >= 4 is 12.1 Å². The number of hydrogen-bond acceptors (Lipinski definition) is 3. The summed E-state index contributed by atoms with van der Waals surface area (Å²) >= 11 is 0. The largest absolute Gasteiger partial charge is 0.444 e. The van der Waals surface area contributed by atoms with Gasteiger partial charge in [-0.15, -0.1) is 0 Å². The molecule has 1 N–H and O–H groups in total. The van der Waals surface area contributed by atoms with Crippen molar-refractivity contribution in [2.24, 2.45) is 0 Å². The highest BCUT2D eigenvalue weighted by atomic mass is 16.6. The first-order valence-corrected chi connectivity index (χ1v) is 12.2. The van der Waals surface area contributed by atoms with Gasteiger partial charge in [0.1, 0.15) is 5.60 Å². The predicted octanol–water partition coefficient (Wildman–Crippen LogP) is 5.49. The van der Waals surface area contributed by atoms with Crippen molar-refractivity contribution in [3.8, 4) is 0 Å². The van der Waals surface area contributed by atoms with E-state index in [1.54, 1.807) is 4.90 Å². The van der Waals surface area contributed by atoms with E-state index in [4.69, 9.17) is 4.74 Å². The summed E-state index contributed by atoms with van der Waals surface area (Å²) in [6, 6.07) is 18.8. The van der Waals surface area contributed by atoms with E-state index in [9.17, 15) is 9.59 Å². The van der Waals surface area contributed by atoms with E-state index in [0.29, 0.717) is 19.0 Å². The molecule has 2 fully saturated rings. The first-order valence-electron chi connectivity index (χ1n) is 12.2. The molecule has 0 radical (unpaired) electrons. The number of nitrogens with one attached hydrogen (secondary N) is 1. The van der Waals surface area contributed by atoms with Crippen molar-refractivity contribution in [1.29, 1.82) is 0 Å². The average molecular weight is 454 g/mol. The number of urea groups is 1. The summed E-state index contributed by atoms with van der Waals surface area (Å²) in [6.07, 6.45) is 4.57. The highest BCUT2D eigenvalue weighted by Crippen LogP contribution is 2.28. The molecule has 2 aliphatic rings. The van der Waals surface area contributed by atoms with E-state index >= 15 is 0 Å². The van der Waals surface area contributed by atoms with Crippen LogP contribution in [0.2, 0.25) is 0 Å². The molecule has 6 heteroatoms. The maximum atomic E-state index is 12.9. The summed E-state index contributed by atoms with van der Waals surface area (Å²) in [5, 5.41) is 3.14. The van der Waals surface area contributed by atoms with Crippen LogP contribution in [0.3, 0.4) is 0 Å². The Morgan fingerprint density at radius 1 is 0.848 bits per heavy atom. The number of amides is 3. The summed E-state index contributed by atoms with van der Waals surface area (Å²) in [5.74, 6) is 0.519. The average Bonchev–Trinajstić information content (AvgIpc) is 3.19. The smallest absolute Gasteiger partial charge is 0.410 e. The third-order valence-corrected chi connectivity index (χ3v) is 6.13. The fraction of sp³-hybridized carbons (Fsp3) is 0.556. The van der Waals surface area contributed by atoms with Crippen LogP contribution in [0.25, 0.3) is 0 Å². The number of ether oxygens (including phenoxy) is 1. The number of carbonyl (C=O) groups is 2. The van der Waals surface area contributed by atoms with Gasteiger partial charge in [0.15, 0.2) is 0 Å². The van der Waals surface area contributed by atoms with Crippen molar-refractivity contribution in [3.05, 3.63) is 60.2 Å². The maximum absolute atomic E-state index is 12.9. The summed E-state index contributed by atoms with van der Waals surface area (Å²) in [5.41, 5.74) is 0.850. The molecule has 2 aliphatic heterocycles. The van der Waals surface area contributed by atoms with Crippen molar-refractivity contribution in [1.82, 2.24) is 15.1 Å². The molecule has 6 nitrogen and oxygen atoms in total. The molecule has 2 saturated heterocycles. The van der Waals surface area contributed by atoms with Gasteiger partial charge in [-0.1, -0.05) is 54.6 Å². The van der Waals surface area contributed by atoms with E-state index in [2.05, 4.69) is 41.7 Å². The number of nitrogens with zero attached hydrogens (tertiary/aromatic N) is 2. The number of hydrogen-bond donors (Lipinski definition) is 1. The fourth-order valence-electron chi connectivity index (χ4n) is 4.47. The molecule has 3 amide bonds. The molecule has 1 aromatic rings. The third-order valence-electron chi connectivity index (χ3n) is 6.13. The number of rotatable bonds is 2. The first kappa shape index (κ1) is 24.9. The minimum Gasteiger partial charge on any atom is -0.444 e. The second kappa shape index (κ2) is 11.9. The Morgan fingerprint density at radius 3 is 2.00 bits per heavy atom. The Labute approximate surface area is 198 Å². The Morgan fingerprint density at radius 2 is 1.42 bits per heavy atom. The minimum atomic E-state index is -0.509. The summed E-state index contributed by atoms with van der Waals surface area (Å²) < 4.78 is 5.45. The molecule has 0 aliphatic carbocycles. The number of likely N-dealkylation sites (tertiary alicyclic amines) is 2. The van der Waals surface area contributed by atoms with E-state index in [1.165, 1.54) is 5.56 Å². The standard InChI is InChI=1S/C27H39N3O3/c1-27(2,3)33-26(32)30-20-17-24(21-30)28-25(31)29-18-11-15-23(16-12-19-29)22-13-9-7-5-4-6-8-10-14-22/h4-10,13-14,23-24H,11-12,15-21H2,1-3H3,(H,28,31)/t24-/m1/s1. The molecular formula is C27H39N3O3. The molecule has 180 valence electrons. The first-order chi connectivity index (χ1) is 15.8. The molecule has 3 rings (SSSR count). The highest BCUT2D eigenvalue weighted by Gasteiger charge is 2.31. The van der Waals surface area contributed by atoms with Gasteiger partial charge in [-0.25, -0.2) is 9.59 Å². The van der Waals surface area contributed by atoms with Crippen LogP contribution < -0.4 is 5.32 Å². The molecule has 1 atom stereocenters. The Kier molecular flexibility index (Phi) is 8.98. The highest BCUT2D eigenvalue weighted by molar-refractivity contribution is 5.75. The van der Waals surface area contributed by atoms with E-state index < -0.39 is 5.60 Å². The zero-order valence-corrected chi connectivity index (χ0v) is 20.3. The second-order valence-corrected chi connectivity index (χ2v) is 10.0. The molecule has 0 aromatic heterocycles. The van der Waals surface area contributed by atoms with Gasteiger partial charge in [-0.3, -0.25) is 0 Å². The molecule has 0 spiro atoms. The van der Waals surface area contributed by atoms with Gasteiger partial charge >= 0.3 is 12.1 Å². The van der Waals surface area contributed by atoms with Crippen LogP contribution in [0.5, 0.6) is 0 Å². The molecule has 33 heavy (non-hydrogen) atoms. The Balaban J connectivity index is 1.49. The summed E-state index contributed by atoms with van der Waals surface area (Å²) in [7, 11) is 0. The van der Waals surface area contributed by atoms with E-state index in [0.717, 1.165) is 45.2 Å². The monoisotopic (exact) mass is 453 g/mol. The van der Waals surface area contributed by atoms with Crippen LogP contribution >= 0.6 is 0 Å². The van der Waals surface area contributed by atoms with Gasteiger partial charge in [0.2, 0.25) is 0 Å². The topological polar surface area (TPSA) is 61.9 Å². The quantitative estimate of drug-likeness (QED) is 0.644. The van der Waals surface area contributed by atoms with E-state index in [-0.39, 0.29) is 18.2 Å². The Bertz CT molecular complexity index is 815. The fourth-order valence-corrected chi connectivity index (χ4v) is 4.47.